The van der Waals surface area contributed by atoms with Gasteiger partial charge >= 0.3 is 0 Å². The van der Waals surface area contributed by atoms with Crippen LogP contribution in [0, 0.1) is 10.5 Å². The summed E-state index contributed by atoms with van der Waals surface area (Å²) >= 11 is 2.23. The monoisotopic (exact) mass is 580 g/mol. The van der Waals surface area contributed by atoms with Crippen molar-refractivity contribution in [2.45, 2.75) is 31.6 Å². The number of aromatic nitrogens is 1. The van der Waals surface area contributed by atoms with Crippen molar-refractivity contribution in [1.29, 1.82) is 0 Å². The smallest absolute Gasteiger partial charge is 0.276 e. The molecule has 33 heavy (non-hydrogen) atoms. The van der Waals surface area contributed by atoms with Gasteiger partial charge in [-0.15, -0.1) is 0 Å². The van der Waals surface area contributed by atoms with E-state index in [9.17, 15) is 13.2 Å². The fourth-order valence-electron chi connectivity index (χ4n) is 3.39. The molecule has 0 bridgehead atoms. The Morgan fingerprint density at radius 2 is 1.97 bits per heavy atom. The molecule has 10 heteroatoms. The number of aryl methyl sites for hydroxylation is 1. The van der Waals surface area contributed by atoms with Crippen molar-refractivity contribution in [3.8, 4) is 0 Å². The van der Waals surface area contributed by atoms with E-state index in [4.69, 9.17) is 4.84 Å². The second-order valence-electron chi connectivity index (χ2n) is 7.28. The average molecular weight is 580 g/mol. The molecule has 0 saturated carbocycles. The Hall–Kier alpha value is -2.70. The number of anilines is 3. The summed E-state index contributed by atoms with van der Waals surface area (Å²) in [6, 6.07) is 12.0. The number of nitrogens with zero attached hydrogens (tertiary/aromatic N) is 1. The highest BCUT2D eigenvalue weighted by Crippen LogP contribution is 2.34. The Kier molecular flexibility index (Phi) is 8.27. The van der Waals surface area contributed by atoms with Gasteiger partial charge in [0.05, 0.1) is 35.1 Å². The largest absolute Gasteiger partial charge is 0.354 e. The van der Waals surface area contributed by atoms with Crippen LogP contribution in [0.25, 0.3) is 0 Å². The number of carbonyl (C=O) groups excluding carboxylic acids is 1. The molecule has 1 amide bonds. The normalized spacial score (nSPS) is 11.2. The molecule has 0 fully saturated rings. The number of carbonyl (C=O) groups is 1. The molecule has 0 unspecified atom stereocenters. The molecular formula is C23H25IN4O4S. The molecule has 3 N–H and O–H groups in total. The van der Waals surface area contributed by atoms with Gasteiger partial charge in [-0.2, -0.15) is 0 Å². The third kappa shape index (κ3) is 6.01. The van der Waals surface area contributed by atoms with Crippen molar-refractivity contribution in [1.82, 2.24) is 10.5 Å². The molecule has 0 saturated heterocycles. The number of rotatable bonds is 9. The highest BCUT2D eigenvalue weighted by atomic mass is 127. The Balaban J connectivity index is 2.19. The van der Waals surface area contributed by atoms with Gasteiger partial charge in [0, 0.05) is 15.5 Å². The minimum atomic E-state index is -3.95. The van der Waals surface area contributed by atoms with Crippen LogP contribution in [0.1, 0.15) is 34.8 Å². The summed E-state index contributed by atoms with van der Waals surface area (Å²) in [7, 11) is -2.60. The lowest BCUT2D eigenvalue weighted by molar-refractivity contribution is 0.0538. The van der Waals surface area contributed by atoms with E-state index in [-0.39, 0.29) is 10.5 Å². The topological polar surface area (TPSA) is 109 Å². The molecule has 174 valence electrons. The van der Waals surface area contributed by atoms with Gasteiger partial charge in [-0.1, -0.05) is 13.3 Å². The van der Waals surface area contributed by atoms with Crippen LogP contribution in [0.15, 0.2) is 59.8 Å². The highest BCUT2D eigenvalue weighted by molar-refractivity contribution is 14.1. The summed E-state index contributed by atoms with van der Waals surface area (Å²) in [5.41, 5.74) is 5.62. The molecule has 0 radical (unpaired) electrons. The lowest BCUT2D eigenvalue weighted by atomic mass is 10.0. The minimum Gasteiger partial charge on any atom is -0.354 e. The lowest BCUT2D eigenvalue weighted by Gasteiger charge is -2.21. The molecule has 0 aliphatic rings. The van der Waals surface area contributed by atoms with Crippen molar-refractivity contribution in [3.63, 3.8) is 0 Å². The maximum Gasteiger partial charge on any atom is 0.276 e. The molecule has 0 aliphatic heterocycles. The summed E-state index contributed by atoms with van der Waals surface area (Å²) in [6.07, 6.45) is 4.11. The van der Waals surface area contributed by atoms with E-state index >= 15 is 0 Å². The van der Waals surface area contributed by atoms with E-state index in [2.05, 4.69) is 43.1 Å². The van der Waals surface area contributed by atoms with Gasteiger partial charge in [-0.25, -0.2) is 13.9 Å². The second-order valence-corrected chi connectivity index (χ2v) is 10.2. The second kappa shape index (κ2) is 10.9. The number of benzene rings is 2. The fraction of sp³-hybridized carbons (Fsp3) is 0.217. The predicted molar refractivity (Wildman–Crippen MR) is 137 cm³/mol. The molecule has 0 atom stereocenters. The number of sulfonamides is 1. The van der Waals surface area contributed by atoms with Crippen LogP contribution >= 0.6 is 22.6 Å². The van der Waals surface area contributed by atoms with Gasteiger partial charge in [-0.05, 0) is 89.5 Å². The van der Waals surface area contributed by atoms with Crippen LogP contribution in [-0.4, -0.2) is 26.4 Å². The van der Waals surface area contributed by atoms with Gasteiger partial charge in [0.2, 0.25) is 0 Å². The van der Waals surface area contributed by atoms with Gasteiger partial charge in [0.15, 0.2) is 0 Å². The number of pyridine rings is 1. The minimum absolute atomic E-state index is 0.0906. The zero-order valence-electron chi connectivity index (χ0n) is 18.5. The van der Waals surface area contributed by atoms with Crippen LogP contribution in [0.2, 0.25) is 0 Å². The summed E-state index contributed by atoms with van der Waals surface area (Å²) in [4.78, 5) is 21.6. The standard InChI is InChI=1S/C23H25IN4O4S/c1-4-6-18-21(33(30,31)28-17-7-5-12-25-14-17)11-9-19(23(29)27-32-3)22(18)26-20-10-8-16(24)13-15(20)2/h5,7-14,26,28H,4,6H2,1-3H3,(H,27,29). The van der Waals surface area contributed by atoms with Crippen LogP contribution in [-0.2, 0) is 21.3 Å². The summed E-state index contributed by atoms with van der Waals surface area (Å²) in [5, 5.41) is 3.31. The van der Waals surface area contributed by atoms with Crippen molar-refractivity contribution in [2.24, 2.45) is 0 Å². The van der Waals surface area contributed by atoms with Crippen molar-refractivity contribution >= 4 is 55.6 Å². The molecule has 8 nitrogen and oxygen atoms in total. The van der Waals surface area contributed by atoms with Crippen LogP contribution in [0.3, 0.4) is 0 Å². The summed E-state index contributed by atoms with van der Waals surface area (Å²) in [6.45, 7) is 3.90. The quantitative estimate of drug-likeness (QED) is 0.248. The number of halogens is 1. The molecule has 3 rings (SSSR count). The first-order chi connectivity index (χ1) is 15.8. The predicted octanol–water partition coefficient (Wildman–Crippen LogP) is 4.78. The van der Waals surface area contributed by atoms with Crippen molar-refractivity contribution in [2.75, 3.05) is 17.1 Å². The van der Waals surface area contributed by atoms with Crippen LogP contribution in [0.5, 0.6) is 0 Å². The van der Waals surface area contributed by atoms with E-state index in [0.717, 1.165) is 14.8 Å². The average Bonchev–Trinajstić information content (AvgIpc) is 2.77. The Bertz CT molecular complexity index is 1250. The zero-order valence-corrected chi connectivity index (χ0v) is 21.5. The Morgan fingerprint density at radius 1 is 1.18 bits per heavy atom. The number of hydrogen-bond acceptors (Lipinski definition) is 6. The zero-order chi connectivity index (χ0) is 24.0. The van der Waals surface area contributed by atoms with E-state index in [1.54, 1.807) is 18.3 Å². The number of amides is 1. The van der Waals surface area contributed by atoms with E-state index < -0.39 is 15.9 Å². The molecule has 3 aromatic rings. The van der Waals surface area contributed by atoms with Gasteiger partial charge in [-0.3, -0.25) is 19.3 Å². The van der Waals surface area contributed by atoms with Crippen molar-refractivity contribution in [3.05, 3.63) is 75.1 Å². The Labute approximate surface area is 207 Å². The van der Waals surface area contributed by atoms with E-state index in [0.29, 0.717) is 29.8 Å². The summed E-state index contributed by atoms with van der Waals surface area (Å²) in [5.74, 6) is -0.482. The number of hydroxylamine groups is 1. The maximum atomic E-state index is 13.3. The highest BCUT2D eigenvalue weighted by Gasteiger charge is 2.25. The molecule has 0 aliphatic carbocycles. The Morgan fingerprint density at radius 3 is 2.61 bits per heavy atom. The van der Waals surface area contributed by atoms with Gasteiger partial charge in [0.25, 0.3) is 15.9 Å². The third-order valence-corrected chi connectivity index (χ3v) is 7.00. The summed E-state index contributed by atoms with van der Waals surface area (Å²) < 4.78 is 30.3. The molecule has 1 aromatic heterocycles. The first-order valence-electron chi connectivity index (χ1n) is 10.2. The molecule has 0 spiro atoms. The molecule has 1 heterocycles. The van der Waals surface area contributed by atoms with E-state index in [1.807, 2.05) is 32.0 Å². The number of nitrogens with one attached hydrogen (secondary N) is 3. The molecular weight excluding hydrogens is 555 g/mol. The number of hydrogen-bond donors (Lipinski definition) is 3. The van der Waals surface area contributed by atoms with E-state index in [1.165, 1.54) is 25.4 Å². The molecule has 2 aromatic carbocycles. The maximum absolute atomic E-state index is 13.3. The van der Waals surface area contributed by atoms with Crippen molar-refractivity contribution < 1.29 is 18.0 Å². The first kappa shape index (κ1) is 24.9. The lowest BCUT2D eigenvalue weighted by Crippen LogP contribution is -2.24. The third-order valence-electron chi connectivity index (χ3n) is 4.86. The van der Waals surface area contributed by atoms with Gasteiger partial charge < -0.3 is 5.32 Å². The van der Waals surface area contributed by atoms with Crippen LogP contribution in [0.4, 0.5) is 17.1 Å². The fourth-order valence-corrected chi connectivity index (χ4v) is 5.36. The van der Waals surface area contributed by atoms with Crippen LogP contribution < -0.4 is 15.5 Å². The SMILES string of the molecule is CCCc1c(S(=O)(=O)Nc2cccnc2)ccc(C(=O)NOC)c1Nc1ccc(I)cc1C. The first-order valence-corrected chi connectivity index (χ1v) is 12.8. The van der Waals surface area contributed by atoms with Gasteiger partial charge in [0.1, 0.15) is 0 Å².